The lowest BCUT2D eigenvalue weighted by atomic mass is 10.2. The molecule has 0 aliphatic heterocycles. The van der Waals surface area contributed by atoms with Crippen molar-refractivity contribution in [2.75, 3.05) is 7.11 Å². The highest BCUT2D eigenvalue weighted by atomic mass is 16.5. The van der Waals surface area contributed by atoms with Crippen molar-refractivity contribution in [1.29, 1.82) is 0 Å². The number of aldehydes is 1. The van der Waals surface area contributed by atoms with E-state index in [0.717, 1.165) is 24.9 Å². The van der Waals surface area contributed by atoms with Gasteiger partial charge in [0.2, 0.25) is 0 Å². The number of hydrogen-bond donors (Lipinski definition) is 0. The average Bonchev–Trinajstić information content (AvgIpc) is 2.92. The summed E-state index contributed by atoms with van der Waals surface area (Å²) in [7, 11) is 1.56. The predicted molar refractivity (Wildman–Crippen MR) is 75.2 cm³/mol. The van der Waals surface area contributed by atoms with Gasteiger partial charge < -0.3 is 14.0 Å². The molecule has 1 aromatic heterocycles. The third kappa shape index (κ3) is 3.17. The number of benzene rings is 1. The van der Waals surface area contributed by atoms with Crippen LogP contribution in [-0.4, -0.2) is 22.9 Å². The molecule has 1 aromatic carbocycles. The van der Waals surface area contributed by atoms with Gasteiger partial charge in [-0.25, -0.2) is 4.98 Å². The Balaban J connectivity index is 2.10. The number of rotatable bonds is 7. The molecule has 0 saturated carbocycles. The second kappa shape index (κ2) is 6.75. The number of imidazole rings is 1. The molecule has 0 spiro atoms. The molecular weight excluding hydrogens is 256 g/mol. The Morgan fingerprint density at radius 3 is 2.95 bits per heavy atom. The van der Waals surface area contributed by atoms with Gasteiger partial charge in [0, 0.05) is 6.54 Å². The van der Waals surface area contributed by atoms with Gasteiger partial charge in [-0.1, -0.05) is 6.92 Å². The van der Waals surface area contributed by atoms with Crippen LogP contribution in [0.15, 0.2) is 30.7 Å². The first-order valence-electron chi connectivity index (χ1n) is 6.53. The summed E-state index contributed by atoms with van der Waals surface area (Å²) in [5.41, 5.74) is 1.46. The van der Waals surface area contributed by atoms with E-state index in [9.17, 15) is 4.79 Å². The number of hydrogen-bond acceptors (Lipinski definition) is 4. The van der Waals surface area contributed by atoms with Crippen LogP contribution in [0.5, 0.6) is 11.5 Å². The molecule has 0 fully saturated rings. The number of aromatic nitrogens is 2. The smallest absolute Gasteiger partial charge is 0.153 e. The third-order valence-electron chi connectivity index (χ3n) is 2.98. The van der Waals surface area contributed by atoms with Gasteiger partial charge in [-0.2, -0.15) is 0 Å². The maximum atomic E-state index is 11.1. The molecule has 0 aliphatic rings. The fraction of sp³-hybridized carbons (Fsp3) is 0.333. The van der Waals surface area contributed by atoms with E-state index in [2.05, 4.69) is 11.9 Å². The number of aryl methyl sites for hydroxylation is 1. The lowest BCUT2D eigenvalue weighted by Crippen LogP contribution is -2.06. The Hall–Kier alpha value is -2.30. The zero-order valence-electron chi connectivity index (χ0n) is 11.7. The minimum absolute atomic E-state index is 0.382. The van der Waals surface area contributed by atoms with Crippen molar-refractivity contribution in [3.8, 4) is 11.5 Å². The second-order valence-corrected chi connectivity index (χ2v) is 4.39. The van der Waals surface area contributed by atoms with Crippen LogP contribution in [-0.2, 0) is 13.2 Å². The first kappa shape index (κ1) is 14.1. The summed E-state index contributed by atoms with van der Waals surface area (Å²) >= 11 is 0. The summed E-state index contributed by atoms with van der Waals surface area (Å²) in [5.74, 6) is 1.18. The van der Waals surface area contributed by atoms with Crippen LogP contribution in [0.4, 0.5) is 0 Å². The number of ether oxygens (including phenoxy) is 2. The van der Waals surface area contributed by atoms with Crippen molar-refractivity contribution in [3.63, 3.8) is 0 Å². The molecule has 2 rings (SSSR count). The molecule has 0 unspecified atom stereocenters. The first-order valence-corrected chi connectivity index (χ1v) is 6.53. The van der Waals surface area contributed by atoms with Gasteiger partial charge in [0.25, 0.3) is 0 Å². The lowest BCUT2D eigenvalue weighted by Gasteiger charge is -2.11. The summed E-state index contributed by atoms with van der Waals surface area (Å²) in [6.07, 6.45) is 5.36. The quantitative estimate of drug-likeness (QED) is 0.728. The molecule has 0 aliphatic carbocycles. The van der Waals surface area contributed by atoms with Crippen molar-refractivity contribution in [3.05, 3.63) is 42.0 Å². The van der Waals surface area contributed by atoms with E-state index in [-0.39, 0.29) is 0 Å². The Morgan fingerprint density at radius 2 is 2.25 bits per heavy atom. The lowest BCUT2D eigenvalue weighted by molar-refractivity contribution is 0.111. The van der Waals surface area contributed by atoms with Crippen LogP contribution in [0.25, 0.3) is 0 Å². The average molecular weight is 274 g/mol. The Bertz CT molecular complexity index is 578. The van der Waals surface area contributed by atoms with E-state index in [1.54, 1.807) is 37.8 Å². The van der Waals surface area contributed by atoms with E-state index in [0.29, 0.717) is 23.7 Å². The fourth-order valence-corrected chi connectivity index (χ4v) is 1.94. The number of carbonyl (C=O) groups is 1. The van der Waals surface area contributed by atoms with Crippen LogP contribution >= 0.6 is 0 Å². The molecule has 5 heteroatoms. The Labute approximate surface area is 118 Å². The number of carbonyl (C=O) groups excluding carboxylic acids is 1. The van der Waals surface area contributed by atoms with Crippen LogP contribution in [0.1, 0.15) is 29.4 Å². The Kier molecular flexibility index (Phi) is 4.76. The molecule has 2 aromatic rings. The van der Waals surface area contributed by atoms with Crippen LogP contribution < -0.4 is 9.47 Å². The van der Waals surface area contributed by atoms with Gasteiger partial charge in [-0.05, 0) is 24.6 Å². The van der Waals surface area contributed by atoms with Crippen molar-refractivity contribution in [1.82, 2.24) is 9.55 Å². The van der Waals surface area contributed by atoms with Crippen molar-refractivity contribution in [2.24, 2.45) is 0 Å². The van der Waals surface area contributed by atoms with E-state index in [4.69, 9.17) is 9.47 Å². The molecule has 0 bridgehead atoms. The number of nitrogens with zero attached hydrogens (tertiary/aromatic N) is 2. The maximum Gasteiger partial charge on any atom is 0.153 e. The molecular formula is C15H18N2O3. The highest BCUT2D eigenvalue weighted by molar-refractivity contribution is 5.80. The topological polar surface area (TPSA) is 53.4 Å². The molecule has 0 atom stereocenters. The zero-order chi connectivity index (χ0) is 14.4. The summed E-state index contributed by atoms with van der Waals surface area (Å²) in [4.78, 5) is 15.2. The van der Waals surface area contributed by atoms with Crippen LogP contribution in [0, 0.1) is 0 Å². The fourth-order valence-electron chi connectivity index (χ4n) is 1.94. The zero-order valence-corrected chi connectivity index (χ0v) is 11.7. The third-order valence-corrected chi connectivity index (χ3v) is 2.98. The van der Waals surface area contributed by atoms with Crippen LogP contribution in [0.2, 0.25) is 0 Å². The van der Waals surface area contributed by atoms with E-state index in [1.165, 1.54) is 0 Å². The van der Waals surface area contributed by atoms with E-state index >= 15 is 0 Å². The predicted octanol–water partition coefficient (Wildman–Crippen LogP) is 2.69. The summed E-state index contributed by atoms with van der Waals surface area (Å²) < 4.78 is 12.8. The van der Waals surface area contributed by atoms with E-state index in [1.807, 2.05) is 4.57 Å². The molecule has 5 nitrogen and oxygen atoms in total. The summed E-state index contributed by atoms with van der Waals surface area (Å²) in [6.45, 7) is 3.40. The molecule has 1 heterocycles. The molecule has 0 saturated heterocycles. The minimum atomic E-state index is 0.382. The molecule has 0 amide bonds. The van der Waals surface area contributed by atoms with Gasteiger partial charge in [0.05, 0.1) is 30.9 Å². The van der Waals surface area contributed by atoms with Gasteiger partial charge in [-0.15, -0.1) is 0 Å². The summed E-state index contributed by atoms with van der Waals surface area (Å²) in [5, 5.41) is 0. The summed E-state index contributed by atoms with van der Waals surface area (Å²) in [6, 6.07) is 5.17. The molecule has 20 heavy (non-hydrogen) atoms. The van der Waals surface area contributed by atoms with Crippen molar-refractivity contribution >= 4 is 6.29 Å². The maximum absolute atomic E-state index is 11.1. The molecule has 0 radical (unpaired) electrons. The first-order chi connectivity index (χ1) is 9.78. The molecule has 0 N–H and O–H groups in total. The second-order valence-electron chi connectivity index (χ2n) is 4.39. The van der Waals surface area contributed by atoms with Gasteiger partial charge in [0.1, 0.15) is 18.1 Å². The minimum Gasteiger partial charge on any atom is -0.497 e. The Morgan fingerprint density at radius 1 is 1.40 bits per heavy atom. The standard InChI is InChI=1S/C15H18N2O3/c1-3-6-17-11-16-8-13(17)10-20-15-5-4-14(19-2)7-12(15)9-18/h4-5,7-9,11H,3,6,10H2,1-2H3. The van der Waals surface area contributed by atoms with E-state index < -0.39 is 0 Å². The highest BCUT2D eigenvalue weighted by Gasteiger charge is 2.07. The normalized spacial score (nSPS) is 10.3. The van der Waals surface area contributed by atoms with Crippen molar-refractivity contribution < 1.29 is 14.3 Å². The van der Waals surface area contributed by atoms with Crippen molar-refractivity contribution in [2.45, 2.75) is 26.5 Å². The SMILES string of the molecule is CCCn1cncc1COc1ccc(OC)cc1C=O. The highest BCUT2D eigenvalue weighted by Crippen LogP contribution is 2.23. The van der Waals surface area contributed by atoms with Crippen LogP contribution in [0.3, 0.4) is 0 Å². The molecule has 106 valence electrons. The van der Waals surface area contributed by atoms with Gasteiger partial charge in [0.15, 0.2) is 6.29 Å². The van der Waals surface area contributed by atoms with Gasteiger partial charge in [-0.3, -0.25) is 4.79 Å². The van der Waals surface area contributed by atoms with Gasteiger partial charge >= 0.3 is 0 Å². The number of methoxy groups -OCH3 is 1. The monoisotopic (exact) mass is 274 g/mol. The largest absolute Gasteiger partial charge is 0.497 e.